The van der Waals surface area contributed by atoms with Crippen LogP contribution in [0.3, 0.4) is 0 Å². The van der Waals surface area contributed by atoms with E-state index in [1.807, 2.05) is 11.0 Å². The molecule has 3 fully saturated rings. The minimum Gasteiger partial charge on any atom is -0.360 e. The van der Waals surface area contributed by atoms with Gasteiger partial charge in [-0.1, -0.05) is 18.2 Å². The molecule has 26 heavy (non-hydrogen) atoms. The van der Waals surface area contributed by atoms with Crippen LogP contribution in [0.15, 0.2) is 30.3 Å². The first-order chi connectivity index (χ1) is 12.5. The Morgan fingerprint density at radius 1 is 1.08 bits per heavy atom. The zero-order valence-electron chi connectivity index (χ0n) is 15.1. The van der Waals surface area contributed by atoms with E-state index in [4.69, 9.17) is 0 Å². The van der Waals surface area contributed by atoms with Gasteiger partial charge in [-0.15, -0.1) is 0 Å². The number of benzene rings is 1. The van der Waals surface area contributed by atoms with E-state index < -0.39 is 9.84 Å². The van der Waals surface area contributed by atoms with Crippen LogP contribution in [0.4, 0.5) is 5.69 Å². The number of anilines is 1. The van der Waals surface area contributed by atoms with Crippen LogP contribution in [0.2, 0.25) is 0 Å². The summed E-state index contributed by atoms with van der Waals surface area (Å²) in [6.07, 6.45) is 2.67. The third-order valence-electron chi connectivity index (χ3n) is 5.82. The van der Waals surface area contributed by atoms with Gasteiger partial charge in [0, 0.05) is 17.8 Å². The van der Waals surface area contributed by atoms with E-state index in [1.165, 1.54) is 10.6 Å². The maximum atomic E-state index is 12.9. The van der Waals surface area contributed by atoms with Crippen molar-refractivity contribution in [2.24, 2.45) is 0 Å². The van der Waals surface area contributed by atoms with Crippen molar-refractivity contribution >= 4 is 21.4 Å². The Kier molecular flexibility index (Phi) is 4.92. The van der Waals surface area contributed by atoms with Crippen LogP contribution in [0.25, 0.3) is 0 Å². The number of sulfone groups is 1. The molecule has 1 saturated carbocycles. The molecule has 142 valence electrons. The summed E-state index contributed by atoms with van der Waals surface area (Å²) in [5, 5.41) is 0. The number of nitrogens with zero attached hydrogens (tertiary/aromatic N) is 2. The lowest BCUT2D eigenvalue weighted by Crippen LogP contribution is -3.16. The first kappa shape index (κ1) is 17.8. The van der Waals surface area contributed by atoms with Gasteiger partial charge in [0.2, 0.25) is 0 Å². The van der Waals surface area contributed by atoms with Gasteiger partial charge in [-0.3, -0.25) is 4.79 Å². The summed E-state index contributed by atoms with van der Waals surface area (Å²) in [5.74, 6) is 0.543. The predicted octanol–water partition coefficient (Wildman–Crippen LogP) is -0.430. The minimum atomic E-state index is -2.96. The van der Waals surface area contributed by atoms with Crippen molar-refractivity contribution in [3.8, 4) is 0 Å². The Balaban J connectivity index is 1.33. The Morgan fingerprint density at radius 2 is 1.77 bits per heavy atom. The highest BCUT2D eigenvalue weighted by Crippen LogP contribution is 2.32. The van der Waals surface area contributed by atoms with Crippen molar-refractivity contribution in [2.75, 3.05) is 49.1 Å². The molecular formula is C19H28N3O3S+. The van der Waals surface area contributed by atoms with E-state index in [2.05, 4.69) is 29.2 Å². The lowest BCUT2D eigenvalue weighted by atomic mass is 10.2. The highest BCUT2D eigenvalue weighted by atomic mass is 32.2. The molecule has 1 N–H and O–H groups in total. The number of hydrogen-bond acceptors (Lipinski definition) is 4. The van der Waals surface area contributed by atoms with Gasteiger partial charge in [0.25, 0.3) is 5.91 Å². The topological polar surface area (TPSA) is 62.1 Å². The third kappa shape index (κ3) is 4.04. The second-order valence-electron chi connectivity index (χ2n) is 7.84. The molecule has 0 radical (unpaired) electrons. The molecule has 1 aliphatic carbocycles. The standard InChI is InChI=1S/C19H27N3O3S/c23-19(22(17-6-7-17)18-8-13-26(24,25)15-18)14-20-9-11-21(12-10-20)16-4-2-1-3-5-16/h1-5,17-18H,6-15H2/p+1/t18-/m1/s1. The monoisotopic (exact) mass is 378 g/mol. The third-order valence-corrected chi connectivity index (χ3v) is 7.57. The fourth-order valence-electron chi connectivity index (χ4n) is 4.25. The second kappa shape index (κ2) is 7.19. The van der Waals surface area contributed by atoms with Gasteiger partial charge in [-0.25, -0.2) is 8.42 Å². The average molecular weight is 379 g/mol. The van der Waals surface area contributed by atoms with Gasteiger partial charge < -0.3 is 14.7 Å². The van der Waals surface area contributed by atoms with Gasteiger partial charge in [0.1, 0.15) is 0 Å². The Bertz CT molecular complexity index is 741. The first-order valence-electron chi connectivity index (χ1n) is 9.67. The van der Waals surface area contributed by atoms with Crippen molar-refractivity contribution in [1.82, 2.24) is 4.90 Å². The fourth-order valence-corrected chi connectivity index (χ4v) is 5.97. The van der Waals surface area contributed by atoms with Crippen LogP contribution < -0.4 is 9.80 Å². The number of piperazine rings is 1. The average Bonchev–Trinajstić information content (AvgIpc) is 3.39. The number of amides is 1. The zero-order valence-corrected chi connectivity index (χ0v) is 16.0. The molecule has 6 nitrogen and oxygen atoms in total. The second-order valence-corrected chi connectivity index (χ2v) is 10.1. The molecular weight excluding hydrogens is 350 g/mol. The van der Waals surface area contributed by atoms with Gasteiger partial charge in [-0.2, -0.15) is 0 Å². The van der Waals surface area contributed by atoms with Crippen LogP contribution in [0.5, 0.6) is 0 Å². The number of rotatable bonds is 5. The maximum Gasteiger partial charge on any atom is 0.278 e. The lowest BCUT2D eigenvalue weighted by molar-refractivity contribution is -0.892. The highest BCUT2D eigenvalue weighted by Gasteiger charge is 2.43. The largest absolute Gasteiger partial charge is 0.360 e. The summed E-state index contributed by atoms with van der Waals surface area (Å²) in [6, 6.07) is 10.6. The van der Waals surface area contributed by atoms with Gasteiger partial charge in [-0.05, 0) is 31.4 Å². The number of carbonyl (C=O) groups excluding carboxylic acids is 1. The number of hydrogen-bond donors (Lipinski definition) is 1. The summed E-state index contributed by atoms with van der Waals surface area (Å²) in [4.78, 5) is 18.6. The molecule has 4 rings (SSSR count). The van der Waals surface area contributed by atoms with Crippen LogP contribution in [0, 0.1) is 0 Å². The summed E-state index contributed by atoms with van der Waals surface area (Å²) in [6.45, 7) is 4.29. The number of quaternary nitrogens is 1. The van der Waals surface area contributed by atoms with Crippen molar-refractivity contribution < 1.29 is 18.1 Å². The SMILES string of the molecule is O=C(C[NH+]1CCN(c2ccccc2)CC1)N(C1CC1)[C@@H]1CCS(=O)(=O)C1. The molecule has 0 aromatic heterocycles. The summed E-state index contributed by atoms with van der Waals surface area (Å²) >= 11 is 0. The van der Waals surface area contributed by atoms with Crippen molar-refractivity contribution in [3.63, 3.8) is 0 Å². The molecule has 2 saturated heterocycles. The molecule has 1 amide bonds. The molecule has 2 aliphatic heterocycles. The van der Waals surface area contributed by atoms with Crippen LogP contribution in [-0.4, -0.2) is 75.5 Å². The van der Waals surface area contributed by atoms with E-state index in [-0.39, 0.29) is 29.5 Å². The maximum absolute atomic E-state index is 12.9. The van der Waals surface area contributed by atoms with Crippen molar-refractivity contribution in [1.29, 1.82) is 0 Å². The number of para-hydroxylation sites is 1. The van der Waals surface area contributed by atoms with Crippen LogP contribution in [0.1, 0.15) is 19.3 Å². The van der Waals surface area contributed by atoms with E-state index in [0.29, 0.717) is 13.0 Å². The molecule has 1 aromatic rings. The molecule has 1 aromatic carbocycles. The van der Waals surface area contributed by atoms with E-state index in [0.717, 1.165) is 39.0 Å². The molecule has 0 spiro atoms. The minimum absolute atomic E-state index is 0.0926. The summed E-state index contributed by atoms with van der Waals surface area (Å²) in [5.41, 5.74) is 1.24. The molecule has 2 heterocycles. The smallest absolute Gasteiger partial charge is 0.278 e. The van der Waals surface area contributed by atoms with E-state index in [1.54, 1.807) is 0 Å². The molecule has 0 unspecified atom stereocenters. The van der Waals surface area contributed by atoms with Gasteiger partial charge in [0.05, 0.1) is 37.7 Å². The molecule has 1 atom stereocenters. The Hall–Kier alpha value is -1.60. The fraction of sp³-hybridized carbons (Fsp3) is 0.632. The van der Waals surface area contributed by atoms with Crippen molar-refractivity contribution in [2.45, 2.75) is 31.3 Å². The first-order valence-corrected chi connectivity index (χ1v) is 11.5. The lowest BCUT2D eigenvalue weighted by Gasteiger charge is -2.35. The number of carbonyl (C=O) groups is 1. The van der Waals surface area contributed by atoms with Crippen LogP contribution >= 0.6 is 0 Å². The highest BCUT2D eigenvalue weighted by molar-refractivity contribution is 7.91. The van der Waals surface area contributed by atoms with E-state index >= 15 is 0 Å². The Morgan fingerprint density at radius 3 is 2.35 bits per heavy atom. The van der Waals surface area contributed by atoms with Crippen LogP contribution in [-0.2, 0) is 14.6 Å². The molecule has 3 aliphatic rings. The quantitative estimate of drug-likeness (QED) is 0.755. The van der Waals surface area contributed by atoms with Gasteiger partial charge in [0.15, 0.2) is 16.4 Å². The summed E-state index contributed by atoms with van der Waals surface area (Å²) < 4.78 is 23.6. The molecule has 0 bridgehead atoms. The predicted molar refractivity (Wildman–Crippen MR) is 101 cm³/mol. The normalized spacial score (nSPS) is 26.0. The number of nitrogens with one attached hydrogen (secondary N) is 1. The van der Waals surface area contributed by atoms with E-state index in [9.17, 15) is 13.2 Å². The zero-order chi connectivity index (χ0) is 18.1. The summed E-state index contributed by atoms with van der Waals surface area (Å²) in [7, 11) is -2.96. The van der Waals surface area contributed by atoms with Gasteiger partial charge >= 0.3 is 0 Å². The Labute approximate surface area is 155 Å². The van der Waals surface area contributed by atoms with Crippen molar-refractivity contribution in [3.05, 3.63) is 30.3 Å². The molecule has 7 heteroatoms.